The smallest absolute Gasteiger partial charge is 0.289 e. The number of nitrogens with two attached hydrogens (primary N) is 2. The van der Waals surface area contributed by atoms with Crippen LogP contribution in [0.25, 0.3) is 0 Å². The van der Waals surface area contributed by atoms with Crippen molar-refractivity contribution in [3.63, 3.8) is 0 Å². The van der Waals surface area contributed by atoms with Gasteiger partial charge in [-0.3, -0.25) is 4.55 Å². The zero-order valence-electron chi connectivity index (χ0n) is 10.3. The van der Waals surface area contributed by atoms with Crippen molar-refractivity contribution >= 4 is 39.7 Å². The van der Waals surface area contributed by atoms with Crippen LogP contribution in [0.15, 0.2) is 43.3 Å². The van der Waals surface area contributed by atoms with Crippen molar-refractivity contribution in [2.75, 3.05) is 0 Å². The maximum absolute atomic E-state index is 10.8. The first-order valence-electron chi connectivity index (χ1n) is 4.80. The third-order valence-corrected chi connectivity index (χ3v) is 3.46. The monoisotopic (exact) mass is 294 g/mol. The van der Waals surface area contributed by atoms with Crippen molar-refractivity contribution < 1.29 is 13.0 Å². The Morgan fingerprint density at radius 3 is 1.84 bits per heavy atom. The average Bonchev–Trinajstić information content (AvgIpc) is 2.35. The van der Waals surface area contributed by atoms with Crippen molar-refractivity contribution in [3.8, 4) is 0 Å². The molecule has 1 aliphatic carbocycles. The molecule has 1 heterocycles. The van der Waals surface area contributed by atoms with Gasteiger partial charge in [0.15, 0.2) is 4.87 Å². The van der Waals surface area contributed by atoms with Crippen LogP contribution in [0.2, 0.25) is 0 Å². The average molecular weight is 294 g/mol. The number of allylic oxidation sites excluding steroid dienone is 2. The summed E-state index contributed by atoms with van der Waals surface area (Å²) in [5, 5.41) is 0. The molecule has 1 aromatic rings. The summed E-state index contributed by atoms with van der Waals surface area (Å²) in [6.45, 7) is 0. The molecule has 0 amide bonds. The van der Waals surface area contributed by atoms with Crippen LogP contribution in [0.5, 0.6) is 0 Å². The second-order valence-electron chi connectivity index (χ2n) is 3.39. The molecule has 0 saturated heterocycles. The summed E-state index contributed by atoms with van der Waals surface area (Å²) in [6, 6.07) is -0.919. The molecule has 2 rings (SSSR count). The van der Waals surface area contributed by atoms with Crippen molar-refractivity contribution in [2.24, 2.45) is 11.5 Å². The molecule has 0 bridgehead atoms. The zero-order valence-corrected chi connectivity index (χ0v) is 13.1. The molecule has 1 aliphatic rings. The van der Waals surface area contributed by atoms with Gasteiger partial charge in [-0.05, 0) is 6.08 Å². The van der Waals surface area contributed by atoms with Gasteiger partial charge in [0, 0.05) is 29.6 Å². The Bertz CT molecular complexity index is 509. The normalized spacial score (nSPS) is 24.9. The Labute approximate surface area is 133 Å². The Kier molecular flexibility index (Phi) is 7.52. The largest absolute Gasteiger partial charge is 0.322 e. The third kappa shape index (κ3) is 5.07. The maximum atomic E-state index is 10.8. The Morgan fingerprint density at radius 1 is 1.11 bits per heavy atom. The van der Waals surface area contributed by atoms with Gasteiger partial charge in [-0.2, -0.15) is 8.42 Å². The summed E-state index contributed by atoms with van der Waals surface area (Å²) in [4.78, 5) is 8.80. The van der Waals surface area contributed by atoms with E-state index in [9.17, 15) is 8.42 Å². The first kappa shape index (κ1) is 18.3. The van der Waals surface area contributed by atoms with Crippen molar-refractivity contribution in [1.82, 2.24) is 15.0 Å². The molecule has 0 aliphatic heterocycles. The molecule has 1 radical (unpaired) electrons. The van der Waals surface area contributed by atoms with E-state index in [1.807, 2.05) is 0 Å². The molecule has 2 unspecified atom stereocenters. The van der Waals surface area contributed by atoms with Gasteiger partial charge in [-0.15, -0.1) is 0 Å². The fourth-order valence-electron chi connectivity index (χ4n) is 1.11. The summed E-state index contributed by atoms with van der Waals surface area (Å²) >= 11 is 0. The number of aromatic nitrogens is 3. The predicted molar refractivity (Wildman–Crippen MR) is 70.3 cm³/mol. The minimum atomic E-state index is -4.36. The first-order chi connectivity index (χ1) is 8.38. The molecule has 2 atom stereocenters. The summed E-state index contributed by atoms with van der Waals surface area (Å²) in [7, 11) is -4.36. The van der Waals surface area contributed by atoms with Crippen LogP contribution in [0.1, 0.15) is 0 Å². The predicted octanol–water partition coefficient (Wildman–Crippen LogP) is -1.53. The van der Waals surface area contributed by atoms with Crippen LogP contribution in [0.3, 0.4) is 0 Å². The minimum Gasteiger partial charge on any atom is -0.322 e. The van der Waals surface area contributed by atoms with Crippen molar-refractivity contribution in [3.05, 3.63) is 43.3 Å². The van der Waals surface area contributed by atoms with E-state index in [0.29, 0.717) is 0 Å². The molecule has 99 valence electrons. The Morgan fingerprint density at radius 2 is 1.58 bits per heavy atom. The number of nitrogens with zero attached hydrogens (tertiary/aromatic N) is 3. The van der Waals surface area contributed by atoms with E-state index in [0.717, 1.165) is 6.08 Å². The molecule has 8 nitrogen and oxygen atoms in total. The molecule has 0 aromatic carbocycles. The summed E-state index contributed by atoms with van der Waals surface area (Å²) in [6.07, 6.45) is 9.88. The van der Waals surface area contributed by atoms with Gasteiger partial charge >= 0.3 is 0 Å². The molecule has 0 spiro atoms. The quantitative estimate of drug-likeness (QED) is 0.418. The summed E-state index contributed by atoms with van der Waals surface area (Å²) in [5.74, 6) is 0. The number of hydrogen-bond donors (Lipinski definition) is 3. The fourth-order valence-corrected chi connectivity index (χ4v) is 1.79. The maximum Gasteiger partial charge on any atom is 0.289 e. The van der Waals surface area contributed by atoms with Crippen LogP contribution in [0, 0.1) is 0 Å². The molecule has 19 heavy (non-hydrogen) atoms. The summed E-state index contributed by atoms with van der Waals surface area (Å²) in [5.41, 5.74) is 10.8. The second-order valence-corrected chi connectivity index (χ2v) is 5.05. The van der Waals surface area contributed by atoms with Gasteiger partial charge < -0.3 is 11.5 Å². The SMILES string of the molecule is NC1C=CC=CC1(N)S(=O)(=O)O.[Na].c1ncncn1. The summed E-state index contributed by atoms with van der Waals surface area (Å²) < 4.78 is 30.3. The molecular weight excluding hydrogens is 281 g/mol. The van der Waals surface area contributed by atoms with Gasteiger partial charge in [-0.1, -0.05) is 18.2 Å². The van der Waals surface area contributed by atoms with Gasteiger partial charge in [0.1, 0.15) is 19.0 Å². The molecule has 10 heteroatoms. The first-order valence-corrected chi connectivity index (χ1v) is 6.24. The van der Waals surface area contributed by atoms with Crippen LogP contribution in [-0.2, 0) is 10.1 Å². The van der Waals surface area contributed by atoms with Gasteiger partial charge in [0.2, 0.25) is 0 Å². The Hall–Kier alpha value is -0.680. The Balaban J connectivity index is 0.000000392. The van der Waals surface area contributed by atoms with E-state index in [1.54, 1.807) is 6.08 Å². The fraction of sp³-hybridized carbons (Fsp3) is 0.222. The van der Waals surface area contributed by atoms with E-state index >= 15 is 0 Å². The van der Waals surface area contributed by atoms with Crippen molar-refractivity contribution in [2.45, 2.75) is 10.9 Å². The van der Waals surface area contributed by atoms with Crippen LogP contribution in [0.4, 0.5) is 0 Å². The van der Waals surface area contributed by atoms with E-state index in [-0.39, 0.29) is 29.6 Å². The van der Waals surface area contributed by atoms with Crippen LogP contribution in [-0.4, -0.2) is 68.4 Å². The van der Waals surface area contributed by atoms with Crippen LogP contribution >= 0.6 is 0 Å². The van der Waals surface area contributed by atoms with E-state index in [4.69, 9.17) is 16.0 Å². The third-order valence-electron chi connectivity index (χ3n) is 2.15. The topological polar surface area (TPSA) is 145 Å². The molecule has 0 fully saturated rings. The minimum absolute atomic E-state index is 0. The molecular formula is C9H13N5NaO3S. The van der Waals surface area contributed by atoms with Crippen molar-refractivity contribution in [1.29, 1.82) is 0 Å². The molecule has 1 aromatic heterocycles. The number of rotatable bonds is 1. The zero-order chi connectivity index (χ0) is 13.6. The standard InChI is InChI=1S/C6H10N2O3S.C3H3N3.Na/c7-5-3-1-2-4-6(5,8)12(9,10)11;1-4-2-6-3-5-1;/h1-5H,7-8H2,(H,9,10,11);1-3H;. The second kappa shape index (κ2) is 7.80. The van der Waals surface area contributed by atoms with Crippen LogP contribution < -0.4 is 11.5 Å². The number of hydrogen-bond acceptors (Lipinski definition) is 7. The van der Waals surface area contributed by atoms with E-state index < -0.39 is 21.0 Å². The van der Waals surface area contributed by atoms with Gasteiger partial charge in [-0.25, -0.2) is 15.0 Å². The molecule has 5 N–H and O–H groups in total. The van der Waals surface area contributed by atoms with E-state index in [1.165, 1.54) is 31.1 Å². The van der Waals surface area contributed by atoms with Gasteiger partial charge in [0.25, 0.3) is 10.1 Å². The van der Waals surface area contributed by atoms with Gasteiger partial charge in [0.05, 0.1) is 6.04 Å². The molecule has 0 saturated carbocycles. The van der Waals surface area contributed by atoms with E-state index in [2.05, 4.69) is 15.0 Å².